The lowest BCUT2D eigenvalue weighted by atomic mass is 9.43. The molecule has 1 saturated heterocycles. The Hall–Kier alpha value is -1.17. The summed E-state index contributed by atoms with van der Waals surface area (Å²) in [5, 5.41) is 12.4. The molecule has 1 aromatic rings. The van der Waals surface area contributed by atoms with Gasteiger partial charge in [0.2, 0.25) is 0 Å². The van der Waals surface area contributed by atoms with Crippen LogP contribution in [0.3, 0.4) is 0 Å². The molecule has 5 aliphatic rings. The van der Waals surface area contributed by atoms with E-state index < -0.39 is 5.60 Å². The maximum absolute atomic E-state index is 12.4. The Bertz CT molecular complexity index is 942. The third kappa shape index (κ3) is 3.18. The molecule has 182 valence electrons. The van der Waals surface area contributed by atoms with Gasteiger partial charge in [-0.2, -0.15) is 0 Å². The number of rotatable bonds is 2. The molecule has 33 heavy (non-hydrogen) atoms. The molecular weight excluding hydrogens is 412 g/mol. The quantitative estimate of drug-likeness (QED) is 0.697. The Balaban J connectivity index is 1.24. The Morgan fingerprint density at radius 2 is 1.88 bits per heavy atom. The zero-order valence-electron chi connectivity index (χ0n) is 20.5. The Morgan fingerprint density at radius 3 is 2.61 bits per heavy atom. The van der Waals surface area contributed by atoms with Gasteiger partial charge in [-0.15, -0.1) is 0 Å². The molecule has 0 radical (unpaired) electrons. The van der Waals surface area contributed by atoms with Crippen molar-refractivity contribution in [2.75, 3.05) is 13.1 Å². The van der Waals surface area contributed by atoms with Gasteiger partial charge in [0, 0.05) is 36.7 Å². The number of hydrogen-bond donors (Lipinski definition) is 2. The highest BCUT2D eigenvalue weighted by atomic mass is 16.4. The van der Waals surface area contributed by atoms with Crippen LogP contribution in [0.4, 0.5) is 0 Å². The highest BCUT2D eigenvalue weighted by molar-refractivity contribution is 5.27. The van der Waals surface area contributed by atoms with Gasteiger partial charge >= 0.3 is 5.63 Å². The van der Waals surface area contributed by atoms with Crippen molar-refractivity contribution >= 4 is 0 Å². The molecule has 1 aromatic heterocycles. The summed E-state index contributed by atoms with van der Waals surface area (Å²) in [6.45, 7) is 7.17. The average Bonchev–Trinajstić information content (AvgIpc) is 3.35. The van der Waals surface area contributed by atoms with Crippen LogP contribution in [0.5, 0.6) is 0 Å². The van der Waals surface area contributed by atoms with Crippen molar-refractivity contribution in [3.05, 3.63) is 34.4 Å². The van der Waals surface area contributed by atoms with Crippen molar-refractivity contribution in [2.24, 2.45) is 34.3 Å². The number of fused-ring (bicyclic) bond motifs is 5. The predicted octanol–water partition coefficient (Wildman–Crippen LogP) is 4.28. The fourth-order valence-electron chi connectivity index (χ4n) is 9.78. The summed E-state index contributed by atoms with van der Waals surface area (Å²) >= 11 is 0. The second-order valence-corrected chi connectivity index (χ2v) is 12.8. The van der Waals surface area contributed by atoms with E-state index in [-0.39, 0.29) is 17.0 Å². The molecule has 4 aliphatic carbocycles. The van der Waals surface area contributed by atoms with Crippen LogP contribution in [0.15, 0.2) is 27.6 Å². The first-order chi connectivity index (χ1) is 15.7. The molecule has 2 heterocycles. The smallest absolute Gasteiger partial charge is 0.335 e. The van der Waals surface area contributed by atoms with Crippen molar-refractivity contribution in [1.29, 1.82) is 0 Å². The highest BCUT2D eigenvalue weighted by Gasteiger charge is 2.67. The number of aliphatic hydroxyl groups is 1. The molecule has 0 unspecified atom stereocenters. The summed E-state index contributed by atoms with van der Waals surface area (Å²) in [5.41, 5.74) is 6.63. The van der Waals surface area contributed by atoms with E-state index in [4.69, 9.17) is 10.2 Å². The van der Waals surface area contributed by atoms with Crippen molar-refractivity contribution in [3.63, 3.8) is 0 Å². The lowest BCUT2D eigenvalue weighted by Gasteiger charge is -2.64. The second-order valence-electron chi connectivity index (χ2n) is 12.8. The van der Waals surface area contributed by atoms with Crippen LogP contribution >= 0.6 is 0 Å². The zero-order valence-corrected chi connectivity index (χ0v) is 20.5. The van der Waals surface area contributed by atoms with Crippen molar-refractivity contribution in [1.82, 2.24) is 4.90 Å². The largest absolute Gasteiger partial charge is 0.431 e. The summed E-state index contributed by atoms with van der Waals surface area (Å²) in [4.78, 5) is 14.2. The summed E-state index contributed by atoms with van der Waals surface area (Å²) in [5.74, 6) is 2.08. The molecule has 0 aromatic carbocycles. The van der Waals surface area contributed by atoms with Crippen molar-refractivity contribution in [2.45, 2.75) is 102 Å². The van der Waals surface area contributed by atoms with Crippen LogP contribution in [-0.4, -0.2) is 40.8 Å². The third-order valence-electron chi connectivity index (χ3n) is 11.7. The van der Waals surface area contributed by atoms with E-state index in [9.17, 15) is 9.90 Å². The minimum absolute atomic E-state index is 0.139. The molecule has 5 fully saturated rings. The first-order valence-electron chi connectivity index (χ1n) is 13.6. The molecule has 9 atom stereocenters. The van der Waals surface area contributed by atoms with Crippen LogP contribution in [0, 0.1) is 28.6 Å². The van der Waals surface area contributed by atoms with Crippen LogP contribution in [-0.2, 0) is 0 Å². The van der Waals surface area contributed by atoms with Gasteiger partial charge in [0.1, 0.15) is 0 Å². The Morgan fingerprint density at radius 1 is 1.03 bits per heavy atom. The van der Waals surface area contributed by atoms with E-state index in [1.807, 2.05) is 6.07 Å². The van der Waals surface area contributed by atoms with Crippen LogP contribution in [0.2, 0.25) is 0 Å². The van der Waals surface area contributed by atoms with Gasteiger partial charge in [-0.25, -0.2) is 4.79 Å². The maximum Gasteiger partial charge on any atom is 0.335 e. The third-order valence-corrected chi connectivity index (χ3v) is 11.7. The molecular formula is C28H42N2O3. The van der Waals surface area contributed by atoms with Crippen LogP contribution in [0.25, 0.3) is 0 Å². The van der Waals surface area contributed by atoms with Crippen molar-refractivity contribution in [3.8, 4) is 0 Å². The summed E-state index contributed by atoms with van der Waals surface area (Å²) < 4.78 is 5.23. The molecule has 1 aliphatic heterocycles. The topological polar surface area (TPSA) is 79.7 Å². The monoisotopic (exact) mass is 454 g/mol. The van der Waals surface area contributed by atoms with Gasteiger partial charge < -0.3 is 15.3 Å². The van der Waals surface area contributed by atoms with E-state index in [2.05, 4.69) is 18.7 Å². The van der Waals surface area contributed by atoms with Gasteiger partial charge in [-0.05, 0) is 105 Å². The molecule has 6 rings (SSSR count). The molecule has 3 N–H and O–H groups in total. The highest BCUT2D eigenvalue weighted by Crippen LogP contribution is 2.70. The molecule has 0 bridgehead atoms. The lowest BCUT2D eigenvalue weighted by molar-refractivity contribution is -0.203. The number of hydrogen-bond acceptors (Lipinski definition) is 5. The SMILES string of the molecule is C[C@]12CC[C@H](N3CC[C@H](N)C3)C[C@H]1CC[C@@H]1[C@@H]2CC[C@]2(C)[C@@H](c3ccc(=O)oc3)CC[C@]12O. The summed E-state index contributed by atoms with van der Waals surface area (Å²) in [6.07, 6.45) is 13.3. The standard InChI is InChI=1S/C28H42N2O3/c1-26-11-7-21(30-14-10-20(29)16-30)15-19(26)4-5-24-23(26)8-12-27(2)22(9-13-28(24,27)32)18-3-6-25(31)33-17-18/h3,6,17,19-24,32H,4-5,7-16,29H2,1-2H3/t19-,20+,21+,22-,23+,24-,26+,27-,28+/m1/s1. The molecule has 4 saturated carbocycles. The fourth-order valence-corrected chi connectivity index (χ4v) is 9.78. The first-order valence-corrected chi connectivity index (χ1v) is 13.6. The van der Waals surface area contributed by atoms with Crippen molar-refractivity contribution < 1.29 is 9.52 Å². The molecule has 5 nitrogen and oxygen atoms in total. The number of nitrogens with zero attached hydrogens (tertiary/aromatic N) is 1. The maximum atomic E-state index is 12.4. The number of likely N-dealkylation sites (tertiary alicyclic amines) is 1. The van der Waals surface area contributed by atoms with Gasteiger partial charge in [0.25, 0.3) is 0 Å². The van der Waals surface area contributed by atoms with E-state index in [1.165, 1.54) is 45.1 Å². The van der Waals surface area contributed by atoms with Gasteiger partial charge in [0.15, 0.2) is 0 Å². The normalized spacial score (nSPS) is 49.9. The first kappa shape index (κ1) is 22.3. The van der Waals surface area contributed by atoms with Gasteiger partial charge in [-0.1, -0.05) is 13.8 Å². The van der Waals surface area contributed by atoms with E-state index >= 15 is 0 Å². The zero-order chi connectivity index (χ0) is 23.0. The number of nitrogens with two attached hydrogens (primary N) is 1. The fraction of sp³-hybridized carbons (Fsp3) is 0.821. The predicted molar refractivity (Wildman–Crippen MR) is 129 cm³/mol. The second kappa shape index (κ2) is 7.66. The Kier molecular flexibility index (Phi) is 5.18. The molecule has 0 spiro atoms. The summed E-state index contributed by atoms with van der Waals surface area (Å²) in [7, 11) is 0. The van der Waals surface area contributed by atoms with E-state index in [0.717, 1.165) is 43.7 Å². The minimum atomic E-state index is -0.608. The van der Waals surface area contributed by atoms with Gasteiger partial charge in [-0.3, -0.25) is 4.90 Å². The Labute approximate surface area is 198 Å². The summed E-state index contributed by atoms with van der Waals surface area (Å²) in [6, 6.07) is 4.56. The van der Waals surface area contributed by atoms with E-state index in [1.54, 1.807) is 12.3 Å². The van der Waals surface area contributed by atoms with E-state index in [0.29, 0.717) is 29.3 Å². The molecule has 5 heteroatoms. The molecule has 0 amide bonds. The van der Waals surface area contributed by atoms with Crippen LogP contribution in [0.1, 0.15) is 89.5 Å². The van der Waals surface area contributed by atoms with Crippen LogP contribution < -0.4 is 11.4 Å². The average molecular weight is 455 g/mol. The van der Waals surface area contributed by atoms with Gasteiger partial charge in [0.05, 0.1) is 11.9 Å². The lowest BCUT2D eigenvalue weighted by Crippen LogP contribution is -2.62. The minimum Gasteiger partial charge on any atom is -0.431 e.